The maximum atomic E-state index is 9.68. The molecular weight excluding hydrogens is 364 g/mol. The minimum absolute atomic E-state index is 0.159. The van der Waals surface area contributed by atoms with E-state index in [0.717, 1.165) is 37.2 Å². The number of rotatable bonds is 5. The second kappa shape index (κ2) is 8.06. The van der Waals surface area contributed by atoms with Gasteiger partial charge < -0.3 is 9.84 Å². The zero-order valence-corrected chi connectivity index (χ0v) is 15.6. The molecular formula is C20H21ClN4O2. The van der Waals surface area contributed by atoms with E-state index in [2.05, 4.69) is 15.2 Å². The third-order valence-corrected chi connectivity index (χ3v) is 5.20. The molecule has 0 bridgehead atoms. The zero-order valence-electron chi connectivity index (χ0n) is 14.8. The van der Waals surface area contributed by atoms with Gasteiger partial charge in [0, 0.05) is 28.9 Å². The highest BCUT2D eigenvalue weighted by Gasteiger charge is 2.28. The van der Waals surface area contributed by atoms with Crippen molar-refractivity contribution in [3.05, 3.63) is 65.3 Å². The third-order valence-electron chi connectivity index (χ3n) is 4.95. The number of hydrogen-bond acceptors (Lipinski definition) is 5. The van der Waals surface area contributed by atoms with Gasteiger partial charge in [-0.25, -0.2) is 4.98 Å². The fourth-order valence-corrected chi connectivity index (χ4v) is 3.72. The van der Waals surface area contributed by atoms with Crippen LogP contribution in [-0.2, 0) is 6.61 Å². The molecule has 140 valence electrons. The molecule has 0 radical (unpaired) electrons. The number of aliphatic hydroxyl groups excluding tert-OH is 1. The van der Waals surface area contributed by atoms with Gasteiger partial charge in [-0.05, 0) is 56.0 Å². The highest BCUT2D eigenvalue weighted by molar-refractivity contribution is 6.30. The molecule has 2 aromatic heterocycles. The van der Waals surface area contributed by atoms with Crippen molar-refractivity contribution in [1.82, 2.24) is 19.7 Å². The van der Waals surface area contributed by atoms with Gasteiger partial charge in [-0.2, -0.15) is 0 Å². The van der Waals surface area contributed by atoms with E-state index in [-0.39, 0.29) is 18.6 Å². The van der Waals surface area contributed by atoms with Gasteiger partial charge in [-0.15, -0.1) is 10.2 Å². The largest absolute Gasteiger partial charge is 0.474 e. The lowest BCUT2D eigenvalue weighted by atomic mass is 9.86. The third kappa shape index (κ3) is 3.96. The molecule has 3 aromatic rings. The van der Waals surface area contributed by atoms with Crippen LogP contribution in [0.2, 0.25) is 5.02 Å². The fraction of sp³-hybridized carbons (Fsp3) is 0.350. The maximum absolute atomic E-state index is 9.68. The quantitative estimate of drug-likeness (QED) is 0.721. The molecule has 2 heterocycles. The molecule has 1 aromatic carbocycles. The minimum Gasteiger partial charge on any atom is -0.474 e. The second-order valence-corrected chi connectivity index (χ2v) is 7.14. The molecule has 0 aliphatic heterocycles. The molecule has 1 aliphatic rings. The Labute approximate surface area is 162 Å². The summed E-state index contributed by atoms with van der Waals surface area (Å²) in [6.45, 7) is -0.159. The Hall–Kier alpha value is -2.44. The molecule has 0 atom stereocenters. The average Bonchev–Trinajstić information content (AvgIpc) is 3.14. The van der Waals surface area contributed by atoms with Crippen molar-refractivity contribution in [2.75, 3.05) is 0 Å². The van der Waals surface area contributed by atoms with Crippen molar-refractivity contribution in [3.63, 3.8) is 0 Å². The molecule has 7 heteroatoms. The van der Waals surface area contributed by atoms with Gasteiger partial charge in [0.25, 0.3) is 0 Å². The van der Waals surface area contributed by atoms with Crippen LogP contribution in [-0.4, -0.2) is 31.0 Å². The lowest BCUT2D eigenvalue weighted by Crippen LogP contribution is -2.25. The molecule has 0 saturated heterocycles. The first-order chi connectivity index (χ1) is 13.2. The van der Waals surface area contributed by atoms with E-state index in [4.69, 9.17) is 16.3 Å². The number of nitrogens with zero attached hydrogens (tertiary/aromatic N) is 4. The smallest absolute Gasteiger partial charge is 0.213 e. The first kappa shape index (κ1) is 17.9. The summed E-state index contributed by atoms with van der Waals surface area (Å²) in [5.41, 5.74) is 0.912. The van der Waals surface area contributed by atoms with Crippen molar-refractivity contribution in [2.24, 2.45) is 0 Å². The molecule has 1 saturated carbocycles. The molecule has 0 spiro atoms. The summed E-state index contributed by atoms with van der Waals surface area (Å²) < 4.78 is 7.93. The van der Waals surface area contributed by atoms with Gasteiger partial charge in [0.1, 0.15) is 18.5 Å². The van der Waals surface area contributed by atoms with Gasteiger partial charge in [0.2, 0.25) is 5.88 Å². The summed E-state index contributed by atoms with van der Waals surface area (Å²) in [7, 11) is 0. The van der Waals surface area contributed by atoms with Crippen molar-refractivity contribution in [3.8, 4) is 11.6 Å². The molecule has 0 unspecified atom stereocenters. The lowest BCUT2D eigenvalue weighted by Gasteiger charge is -2.28. The van der Waals surface area contributed by atoms with E-state index in [0.29, 0.717) is 16.7 Å². The van der Waals surface area contributed by atoms with E-state index < -0.39 is 0 Å². The van der Waals surface area contributed by atoms with Crippen LogP contribution >= 0.6 is 11.6 Å². The number of aliphatic hydroxyl groups is 1. The first-order valence-electron chi connectivity index (χ1n) is 9.13. The molecule has 1 fully saturated rings. The number of hydrogen-bond donors (Lipinski definition) is 1. The van der Waals surface area contributed by atoms with Crippen LogP contribution in [0.1, 0.15) is 43.3 Å². The summed E-state index contributed by atoms with van der Waals surface area (Å²) in [4.78, 5) is 4.24. The number of benzene rings is 1. The predicted octanol–water partition coefficient (Wildman–Crippen LogP) is 3.91. The average molecular weight is 385 g/mol. The van der Waals surface area contributed by atoms with Crippen LogP contribution in [0.3, 0.4) is 0 Å². The van der Waals surface area contributed by atoms with Gasteiger partial charge >= 0.3 is 0 Å². The van der Waals surface area contributed by atoms with Gasteiger partial charge in [0.15, 0.2) is 5.82 Å². The Morgan fingerprint density at radius 1 is 1.04 bits per heavy atom. The molecule has 27 heavy (non-hydrogen) atoms. The van der Waals surface area contributed by atoms with Crippen molar-refractivity contribution in [2.45, 2.75) is 44.3 Å². The van der Waals surface area contributed by atoms with Crippen LogP contribution in [0, 0.1) is 0 Å². The summed E-state index contributed by atoms with van der Waals surface area (Å²) in [6.07, 6.45) is 5.68. The van der Waals surface area contributed by atoms with Crippen LogP contribution < -0.4 is 4.74 Å². The Bertz CT molecular complexity index is 875. The molecule has 4 rings (SSSR count). The van der Waals surface area contributed by atoms with Gasteiger partial charge in [-0.3, -0.25) is 4.57 Å². The number of pyridine rings is 1. The van der Waals surface area contributed by atoms with Crippen LogP contribution in [0.15, 0.2) is 48.7 Å². The van der Waals surface area contributed by atoms with Crippen molar-refractivity contribution < 1.29 is 9.84 Å². The fourth-order valence-electron chi connectivity index (χ4n) is 3.60. The summed E-state index contributed by atoms with van der Waals surface area (Å²) >= 11 is 6.01. The topological polar surface area (TPSA) is 73.1 Å². The summed E-state index contributed by atoms with van der Waals surface area (Å²) in [6, 6.07) is 13.2. The Kier molecular flexibility index (Phi) is 5.36. The number of ether oxygens (including phenoxy) is 1. The number of aromatic nitrogens is 4. The standard InChI is InChI=1S/C20H21ClN4O2/c21-15-6-8-16(9-7-15)25-18(13-26)23-24-20(25)14-4-10-17(11-5-14)27-19-3-1-2-12-22-19/h1-3,6-9,12,14,17,26H,4-5,10-11,13H2/t14-,17-. The monoisotopic (exact) mass is 384 g/mol. The maximum Gasteiger partial charge on any atom is 0.213 e. The summed E-state index contributed by atoms with van der Waals surface area (Å²) in [5, 5.41) is 18.9. The lowest BCUT2D eigenvalue weighted by molar-refractivity contribution is 0.139. The first-order valence-corrected chi connectivity index (χ1v) is 9.51. The molecule has 1 aliphatic carbocycles. The predicted molar refractivity (Wildman–Crippen MR) is 102 cm³/mol. The highest BCUT2D eigenvalue weighted by Crippen LogP contribution is 2.35. The normalized spacial score (nSPS) is 19.8. The van der Waals surface area contributed by atoms with Gasteiger partial charge in [-0.1, -0.05) is 17.7 Å². The summed E-state index contributed by atoms with van der Waals surface area (Å²) in [5.74, 6) is 2.38. The van der Waals surface area contributed by atoms with Gasteiger partial charge in [0.05, 0.1) is 0 Å². The SMILES string of the molecule is OCc1nnc([C@H]2CC[C@H](Oc3ccccn3)CC2)n1-c1ccc(Cl)cc1. The van der Waals surface area contributed by atoms with E-state index in [1.165, 1.54) is 0 Å². The van der Waals surface area contributed by atoms with E-state index in [1.807, 2.05) is 47.0 Å². The molecule has 6 nitrogen and oxygen atoms in total. The molecule has 1 N–H and O–H groups in total. The van der Waals surface area contributed by atoms with E-state index >= 15 is 0 Å². The van der Waals surface area contributed by atoms with Crippen LogP contribution in [0.4, 0.5) is 0 Å². The number of halogens is 1. The zero-order chi connectivity index (χ0) is 18.6. The van der Waals surface area contributed by atoms with Crippen LogP contribution in [0.5, 0.6) is 5.88 Å². The van der Waals surface area contributed by atoms with Crippen LogP contribution in [0.25, 0.3) is 5.69 Å². The van der Waals surface area contributed by atoms with Crippen molar-refractivity contribution >= 4 is 11.6 Å². The Morgan fingerprint density at radius 3 is 2.48 bits per heavy atom. The van der Waals surface area contributed by atoms with Crippen molar-refractivity contribution in [1.29, 1.82) is 0 Å². The van der Waals surface area contributed by atoms with E-state index in [9.17, 15) is 5.11 Å². The minimum atomic E-state index is -0.159. The Morgan fingerprint density at radius 2 is 1.81 bits per heavy atom. The second-order valence-electron chi connectivity index (χ2n) is 6.70. The van der Waals surface area contributed by atoms with E-state index in [1.54, 1.807) is 6.20 Å². The Balaban J connectivity index is 1.50. The highest BCUT2D eigenvalue weighted by atomic mass is 35.5. The molecule has 0 amide bonds.